The molecule has 4 aromatic carbocycles. The molecule has 2 aliphatic carbocycles. The number of benzene rings is 4. The van der Waals surface area contributed by atoms with Gasteiger partial charge < -0.3 is 24.8 Å². The van der Waals surface area contributed by atoms with Crippen molar-refractivity contribution in [2.24, 2.45) is 0 Å². The maximum absolute atomic E-state index is 2.34. The fraction of sp³-hybridized carbons (Fsp3) is 0.172. The van der Waals surface area contributed by atoms with Crippen molar-refractivity contribution in [3.63, 3.8) is 0 Å². The Balaban J connectivity index is 0.000000963. The standard InChI is InChI=1S/C29H24.2ClH.Zr/c1-3-14-24-22(8-1)18-28-20(12-6-16-26(24)28)10-5-11-21-13-7-17-27-25-15-4-2-9-23(25)19-29(21)27;;;/h1-4,6-9,12-17H,5,10-11,18-19H2;2*1H;/q;;;+2/p-2. The Hall–Kier alpha value is -1.66. The van der Waals surface area contributed by atoms with Crippen LogP contribution in [0.5, 0.6) is 0 Å². The van der Waals surface area contributed by atoms with E-state index in [2.05, 4.69) is 84.9 Å². The van der Waals surface area contributed by atoms with Crippen LogP contribution in [0.4, 0.5) is 0 Å². The van der Waals surface area contributed by atoms with Crippen LogP contribution in [0.15, 0.2) is 84.9 Å². The van der Waals surface area contributed by atoms with Crippen molar-refractivity contribution in [1.29, 1.82) is 0 Å². The Morgan fingerprint density at radius 1 is 0.469 bits per heavy atom. The average molecular weight is 535 g/mol. The second-order valence-corrected chi connectivity index (χ2v) is 8.41. The van der Waals surface area contributed by atoms with E-state index in [1.54, 1.807) is 11.1 Å². The topological polar surface area (TPSA) is 0 Å². The molecule has 158 valence electrons. The van der Waals surface area contributed by atoms with Crippen LogP contribution in [0.3, 0.4) is 0 Å². The van der Waals surface area contributed by atoms with Gasteiger partial charge in [0.1, 0.15) is 0 Å². The van der Waals surface area contributed by atoms with E-state index in [4.69, 9.17) is 0 Å². The van der Waals surface area contributed by atoms with Crippen molar-refractivity contribution >= 4 is 0 Å². The molecule has 0 amide bonds. The number of aryl methyl sites for hydroxylation is 2. The third kappa shape index (κ3) is 4.28. The molecule has 0 aromatic heterocycles. The maximum atomic E-state index is 2.34. The molecule has 32 heavy (non-hydrogen) atoms. The molecule has 3 heteroatoms. The van der Waals surface area contributed by atoms with Crippen LogP contribution in [0.2, 0.25) is 0 Å². The van der Waals surface area contributed by atoms with Gasteiger partial charge in [0.25, 0.3) is 0 Å². The van der Waals surface area contributed by atoms with E-state index in [0.717, 1.165) is 25.7 Å². The van der Waals surface area contributed by atoms with Crippen molar-refractivity contribution < 1.29 is 51.0 Å². The summed E-state index contributed by atoms with van der Waals surface area (Å²) in [5.74, 6) is 0. The molecule has 6 rings (SSSR count). The summed E-state index contributed by atoms with van der Waals surface area (Å²) in [6, 6.07) is 31.5. The Labute approximate surface area is 222 Å². The largest absolute Gasteiger partial charge is 2.00 e. The van der Waals surface area contributed by atoms with E-state index in [-0.39, 0.29) is 51.0 Å². The van der Waals surface area contributed by atoms with E-state index >= 15 is 0 Å². The zero-order chi connectivity index (χ0) is 19.2. The first-order valence-electron chi connectivity index (χ1n) is 10.8. The Kier molecular flexibility index (Phi) is 8.21. The van der Waals surface area contributed by atoms with Gasteiger partial charge in [0.15, 0.2) is 0 Å². The van der Waals surface area contributed by atoms with E-state index < -0.39 is 0 Å². The first kappa shape index (κ1) is 25.0. The molecule has 0 nitrogen and oxygen atoms in total. The van der Waals surface area contributed by atoms with E-state index in [1.165, 1.54) is 50.9 Å². The minimum Gasteiger partial charge on any atom is -1.00 e. The molecular formula is C29H24Cl2Zr. The van der Waals surface area contributed by atoms with Crippen LogP contribution in [0.1, 0.15) is 39.8 Å². The number of rotatable bonds is 4. The Morgan fingerprint density at radius 3 is 1.34 bits per heavy atom. The summed E-state index contributed by atoms with van der Waals surface area (Å²) in [6.07, 6.45) is 5.72. The van der Waals surface area contributed by atoms with Gasteiger partial charge in [-0.15, -0.1) is 0 Å². The number of halogens is 2. The average Bonchev–Trinajstić information content (AvgIpc) is 3.33. The van der Waals surface area contributed by atoms with Crippen molar-refractivity contribution in [2.45, 2.75) is 32.1 Å². The summed E-state index contributed by atoms with van der Waals surface area (Å²) in [6.45, 7) is 0. The number of fused-ring (bicyclic) bond motifs is 6. The molecule has 0 atom stereocenters. The van der Waals surface area contributed by atoms with Crippen LogP contribution in [-0.4, -0.2) is 0 Å². The molecule has 0 saturated heterocycles. The van der Waals surface area contributed by atoms with Crippen LogP contribution in [0.25, 0.3) is 22.3 Å². The summed E-state index contributed by atoms with van der Waals surface area (Å²) >= 11 is 0. The van der Waals surface area contributed by atoms with Crippen LogP contribution in [-0.2, 0) is 51.9 Å². The first-order valence-corrected chi connectivity index (χ1v) is 10.8. The van der Waals surface area contributed by atoms with E-state index in [0.29, 0.717) is 0 Å². The minimum atomic E-state index is 0. The van der Waals surface area contributed by atoms with Gasteiger partial charge in [0.2, 0.25) is 0 Å². The van der Waals surface area contributed by atoms with Gasteiger partial charge in [0, 0.05) is 0 Å². The van der Waals surface area contributed by atoms with Gasteiger partial charge in [-0.05, 0) is 87.7 Å². The molecule has 0 radical (unpaired) electrons. The molecule has 2 aliphatic rings. The minimum absolute atomic E-state index is 0. The predicted molar refractivity (Wildman–Crippen MR) is 121 cm³/mol. The SMILES string of the molecule is [Cl-].[Cl-].[Zr+2].c1ccc2c(c1)Cc1c(CCCc3cccc4c3Cc3ccccc3-4)cccc1-2. The second kappa shape index (κ2) is 10.5. The zero-order valence-electron chi connectivity index (χ0n) is 17.9. The smallest absolute Gasteiger partial charge is 1.00 e. The second-order valence-electron chi connectivity index (χ2n) is 8.41. The van der Waals surface area contributed by atoms with E-state index in [9.17, 15) is 0 Å². The summed E-state index contributed by atoms with van der Waals surface area (Å²) in [5, 5.41) is 0. The molecule has 0 saturated carbocycles. The molecule has 0 unspecified atom stereocenters. The molecule has 0 heterocycles. The van der Waals surface area contributed by atoms with Gasteiger partial charge in [-0.1, -0.05) is 84.9 Å². The molecule has 0 aliphatic heterocycles. The Bertz CT molecular complexity index is 1150. The molecular weight excluding hydrogens is 510 g/mol. The van der Waals surface area contributed by atoms with Crippen molar-refractivity contribution in [2.75, 3.05) is 0 Å². The van der Waals surface area contributed by atoms with Crippen molar-refractivity contribution in [1.82, 2.24) is 0 Å². The molecule has 4 aromatic rings. The molecule has 0 fully saturated rings. The fourth-order valence-electron chi connectivity index (χ4n) is 5.38. The van der Waals surface area contributed by atoms with Crippen LogP contribution < -0.4 is 24.8 Å². The molecule has 0 bridgehead atoms. The summed E-state index contributed by atoms with van der Waals surface area (Å²) < 4.78 is 0. The summed E-state index contributed by atoms with van der Waals surface area (Å²) in [4.78, 5) is 0. The molecule has 0 N–H and O–H groups in total. The van der Waals surface area contributed by atoms with Gasteiger partial charge in [-0.25, -0.2) is 0 Å². The van der Waals surface area contributed by atoms with Gasteiger partial charge >= 0.3 is 26.2 Å². The van der Waals surface area contributed by atoms with Gasteiger partial charge in [-0.3, -0.25) is 0 Å². The molecule has 0 spiro atoms. The van der Waals surface area contributed by atoms with Crippen LogP contribution in [0, 0.1) is 0 Å². The fourth-order valence-corrected chi connectivity index (χ4v) is 5.38. The monoisotopic (exact) mass is 532 g/mol. The van der Waals surface area contributed by atoms with Crippen molar-refractivity contribution in [3.8, 4) is 22.3 Å². The maximum Gasteiger partial charge on any atom is 2.00 e. The number of hydrogen-bond acceptors (Lipinski definition) is 0. The Morgan fingerprint density at radius 2 is 0.875 bits per heavy atom. The summed E-state index contributed by atoms with van der Waals surface area (Å²) in [5.41, 5.74) is 14.9. The van der Waals surface area contributed by atoms with Crippen LogP contribution >= 0.6 is 0 Å². The third-order valence-corrected chi connectivity index (χ3v) is 6.79. The quantitative estimate of drug-likeness (QED) is 0.317. The van der Waals surface area contributed by atoms with E-state index in [1.807, 2.05) is 0 Å². The normalized spacial score (nSPS) is 11.8. The predicted octanol–water partition coefficient (Wildman–Crippen LogP) is 1.01. The van der Waals surface area contributed by atoms with Gasteiger partial charge in [0.05, 0.1) is 0 Å². The number of hydrogen-bond donors (Lipinski definition) is 0. The van der Waals surface area contributed by atoms with Gasteiger partial charge in [-0.2, -0.15) is 0 Å². The zero-order valence-corrected chi connectivity index (χ0v) is 21.8. The van der Waals surface area contributed by atoms with Crippen molar-refractivity contribution in [3.05, 3.63) is 118 Å². The first-order chi connectivity index (χ1) is 14.4. The summed E-state index contributed by atoms with van der Waals surface area (Å²) in [7, 11) is 0. The third-order valence-electron chi connectivity index (χ3n) is 6.79.